The highest BCUT2D eigenvalue weighted by Gasteiger charge is 2.28. The van der Waals surface area contributed by atoms with Crippen LogP contribution in [-0.4, -0.2) is 32.8 Å². The maximum Gasteiger partial charge on any atom is 0.270 e. The highest BCUT2D eigenvalue weighted by molar-refractivity contribution is 5.96. The molecule has 1 unspecified atom stereocenters. The number of hydrogen-bond acceptors (Lipinski definition) is 7. The first-order chi connectivity index (χ1) is 22.8. The van der Waals surface area contributed by atoms with E-state index in [1.807, 2.05) is 16.0 Å². The summed E-state index contributed by atoms with van der Waals surface area (Å²) in [5.41, 5.74) is -6.78. The van der Waals surface area contributed by atoms with E-state index in [1.54, 1.807) is 0 Å². The highest BCUT2D eigenvalue weighted by atomic mass is 19.2. The molecule has 6 heterocycles. The van der Waals surface area contributed by atoms with E-state index in [9.17, 15) is 54.6 Å². The van der Waals surface area contributed by atoms with E-state index in [0.717, 1.165) is 30.3 Å². The van der Waals surface area contributed by atoms with Gasteiger partial charge in [-0.05, 0) is 24.3 Å². The van der Waals surface area contributed by atoms with Crippen molar-refractivity contribution in [3.63, 3.8) is 0 Å². The van der Waals surface area contributed by atoms with Crippen molar-refractivity contribution in [2.45, 2.75) is 32.4 Å². The van der Waals surface area contributed by atoms with Crippen molar-refractivity contribution in [2.24, 2.45) is 0 Å². The number of carbonyl (C=O) groups is 3. The summed E-state index contributed by atoms with van der Waals surface area (Å²) in [6.45, 7) is -4.30. The van der Waals surface area contributed by atoms with Crippen molar-refractivity contribution >= 4 is 17.7 Å². The van der Waals surface area contributed by atoms with Gasteiger partial charge in [0, 0.05) is 48.4 Å². The third-order valence-electron chi connectivity index (χ3n) is 7.14. The molecule has 5 N–H and O–H groups in total. The van der Waals surface area contributed by atoms with Gasteiger partial charge in [0.25, 0.3) is 17.7 Å². The number of halogens is 8. The molecule has 0 saturated carbocycles. The number of rotatable bonds is 0. The number of aliphatic hydroxyl groups is 1. The van der Waals surface area contributed by atoms with Gasteiger partial charge < -0.3 is 21.1 Å². The summed E-state index contributed by atoms with van der Waals surface area (Å²) in [4.78, 5) is 45.4. The van der Waals surface area contributed by atoms with Crippen LogP contribution < -0.4 is 21.3 Å². The van der Waals surface area contributed by atoms with Crippen LogP contribution in [0.2, 0.25) is 0 Å². The van der Waals surface area contributed by atoms with Gasteiger partial charge in [-0.25, -0.2) is 45.1 Å². The zero-order valence-corrected chi connectivity index (χ0v) is 24.0. The Morgan fingerprint density at radius 1 is 0.500 bits per heavy atom. The summed E-state index contributed by atoms with van der Waals surface area (Å²) < 4.78 is 119. The molecule has 8 bridgehead atoms. The molecule has 18 heteroatoms. The predicted molar refractivity (Wildman–Crippen MR) is 146 cm³/mol. The van der Waals surface area contributed by atoms with Gasteiger partial charge in [-0.1, -0.05) is 12.1 Å². The lowest BCUT2D eigenvalue weighted by Crippen LogP contribution is -2.30. The van der Waals surface area contributed by atoms with Crippen LogP contribution in [0.25, 0.3) is 0 Å². The Morgan fingerprint density at radius 2 is 0.812 bits per heavy atom. The molecule has 48 heavy (non-hydrogen) atoms. The van der Waals surface area contributed by atoms with Gasteiger partial charge in [-0.15, -0.1) is 0 Å². The van der Waals surface area contributed by atoms with Gasteiger partial charge in [-0.2, -0.15) is 0 Å². The molecule has 0 aliphatic carbocycles. The van der Waals surface area contributed by atoms with Crippen molar-refractivity contribution in [3.05, 3.63) is 128 Å². The lowest BCUT2D eigenvalue weighted by molar-refractivity contribution is 0.0928. The molecule has 250 valence electrons. The molecule has 1 atom stereocenters. The molecule has 2 aromatic carbocycles. The minimum atomic E-state index is -1.89. The van der Waals surface area contributed by atoms with E-state index in [-0.39, 0.29) is 5.69 Å². The number of aliphatic hydroxyl groups excluding tert-OH is 1. The molecule has 0 spiro atoms. The van der Waals surface area contributed by atoms with Crippen LogP contribution in [0.1, 0.15) is 65.6 Å². The van der Waals surface area contributed by atoms with Crippen molar-refractivity contribution in [3.8, 4) is 0 Å². The van der Waals surface area contributed by atoms with Crippen molar-refractivity contribution < 1.29 is 54.6 Å². The third kappa shape index (κ3) is 6.52. The first-order valence-electron chi connectivity index (χ1n) is 13.7. The lowest BCUT2D eigenvalue weighted by atomic mass is 10.1. The normalized spacial score (nSPS) is 16.0. The van der Waals surface area contributed by atoms with E-state index in [0.29, 0.717) is 0 Å². The first kappa shape index (κ1) is 33.9. The van der Waals surface area contributed by atoms with Gasteiger partial charge in [0.15, 0.2) is 46.5 Å². The molecule has 2 aromatic heterocycles. The van der Waals surface area contributed by atoms with Gasteiger partial charge in [-0.3, -0.25) is 19.7 Å². The fourth-order valence-electron chi connectivity index (χ4n) is 4.56. The van der Waals surface area contributed by atoms with Gasteiger partial charge in [0.1, 0.15) is 23.3 Å². The van der Waals surface area contributed by atoms with Crippen LogP contribution in [0.15, 0.2) is 36.4 Å². The summed E-state index contributed by atoms with van der Waals surface area (Å²) in [7, 11) is 0. The fraction of sp³-hybridized carbons (Fsp3) is 0.167. The Balaban J connectivity index is 1.52. The smallest absolute Gasteiger partial charge is 0.270 e. The summed E-state index contributed by atoms with van der Waals surface area (Å²) >= 11 is 0. The molecule has 8 rings (SSSR count). The number of nitrogens with zero attached hydrogens (tertiary/aromatic N) is 2. The van der Waals surface area contributed by atoms with E-state index < -0.39 is 136 Å². The average Bonchev–Trinajstić information content (AvgIpc) is 3.09. The summed E-state index contributed by atoms with van der Waals surface area (Å²) in [6, 6.07) is 6.59. The van der Waals surface area contributed by atoms with Crippen LogP contribution in [0.4, 0.5) is 35.1 Å². The molecular formula is C30H20F8N6O4. The molecule has 0 saturated heterocycles. The topological polar surface area (TPSA) is 145 Å². The molecule has 0 radical (unpaired) electrons. The highest BCUT2D eigenvalue weighted by Crippen LogP contribution is 2.26. The Labute approximate surface area is 264 Å². The van der Waals surface area contributed by atoms with E-state index in [1.165, 1.54) is 6.07 Å². The Bertz CT molecular complexity index is 1920. The summed E-state index contributed by atoms with van der Waals surface area (Å²) in [5, 5.41) is 18.6. The SMILES string of the molecule is O=C1NCc2c(F)c(F)c(c(F)c2F)CNC(=O)c2cccc(n2)C(O)NCc2c(F)c(F)c(c(F)c2F)CNC(=O)c2cccc1n2. The molecule has 4 aliphatic rings. The zero-order chi connectivity index (χ0) is 34.9. The molecule has 4 aliphatic heterocycles. The predicted octanol–water partition coefficient (Wildman–Crippen LogP) is 3.47. The monoisotopic (exact) mass is 680 g/mol. The van der Waals surface area contributed by atoms with Crippen LogP contribution in [0, 0.1) is 46.5 Å². The Hall–Kier alpha value is -5.49. The minimum Gasteiger partial charge on any atom is -0.373 e. The quantitative estimate of drug-likeness (QED) is 0.141. The lowest BCUT2D eigenvalue weighted by Gasteiger charge is -2.16. The number of carbonyl (C=O) groups excluding carboxylic acids is 3. The molecular weight excluding hydrogens is 660 g/mol. The summed E-state index contributed by atoms with van der Waals surface area (Å²) in [5.74, 6) is -18.4. The second-order valence-electron chi connectivity index (χ2n) is 10.1. The van der Waals surface area contributed by atoms with Crippen LogP contribution >= 0.6 is 0 Å². The summed E-state index contributed by atoms with van der Waals surface area (Å²) in [6.07, 6.45) is -1.89. The first-order valence-corrected chi connectivity index (χ1v) is 13.7. The van der Waals surface area contributed by atoms with Gasteiger partial charge in [0.05, 0.1) is 5.69 Å². The fourth-order valence-corrected chi connectivity index (χ4v) is 4.56. The van der Waals surface area contributed by atoms with E-state index in [4.69, 9.17) is 0 Å². The van der Waals surface area contributed by atoms with E-state index in [2.05, 4.69) is 15.3 Å². The largest absolute Gasteiger partial charge is 0.373 e. The number of benzene rings is 2. The molecule has 10 nitrogen and oxygen atoms in total. The zero-order valence-electron chi connectivity index (χ0n) is 24.0. The average molecular weight is 681 g/mol. The second kappa shape index (κ2) is 13.7. The Morgan fingerprint density at radius 3 is 1.19 bits per heavy atom. The number of pyridine rings is 2. The maximum absolute atomic E-state index is 14.9. The van der Waals surface area contributed by atoms with E-state index >= 15 is 0 Å². The van der Waals surface area contributed by atoms with Crippen LogP contribution in [-0.2, 0) is 26.2 Å². The number of nitrogens with one attached hydrogen (secondary N) is 4. The second-order valence-corrected chi connectivity index (χ2v) is 10.1. The van der Waals surface area contributed by atoms with Crippen LogP contribution in [0.3, 0.4) is 0 Å². The van der Waals surface area contributed by atoms with Crippen molar-refractivity contribution in [1.29, 1.82) is 0 Å². The van der Waals surface area contributed by atoms with Crippen molar-refractivity contribution in [1.82, 2.24) is 31.2 Å². The van der Waals surface area contributed by atoms with Crippen LogP contribution in [0.5, 0.6) is 0 Å². The third-order valence-corrected chi connectivity index (χ3v) is 7.14. The van der Waals surface area contributed by atoms with Gasteiger partial charge in [0.2, 0.25) is 0 Å². The van der Waals surface area contributed by atoms with Crippen molar-refractivity contribution in [2.75, 3.05) is 0 Å². The minimum absolute atomic E-state index is 0.358. The number of amides is 3. The molecule has 3 amide bonds. The molecule has 0 fully saturated rings. The molecule has 4 aromatic rings. The standard InChI is InChI=1S/C30H20F8N6O4/c31-19-11-7-39-27(45)15-3-1-4-16(43-15)28(46)40-8-12-21(33)25(37)14(26(38)22(12)34)10-42-30(48)18-6-2-5-17(44-18)29(47)41-9-13(23(19)35)24(36)20(11)32/h1-6,27,39,45H,7-10H2,(H,40,46)(H,41,47)(H,42,48). The number of hydrogen-bond donors (Lipinski definition) is 5. The Kier molecular flexibility index (Phi) is 9.67. The maximum atomic E-state index is 14.9. The number of aromatic nitrogens is 2. The van der Waals surface area contributed by atoms with Gasteiger partial charge >= 0.3 is 0 Å².